The van der Waals surface area contributed by atoms with E-state index in [1.54, 1.807) is 40.0 Å². The molecule has 1 aliphatic rings. The number of aromatic amines is 1. The fraction of sp³-hybridized carbons (Fsp3) is 0.361. The number of nitro groups is 2. The van der Waals surface area contributed by atoms with E-state index in [1.807, 2.05) is 0 Å². The Morgan fingerprint density at radius 2 is 1.84 bits per heavy atom. The van der Waals surface area contributed by atoms with Gasteiger partial charge < -0.3 is 39.1 Å². The van der Waals surface area contributed by atoms with Crippen molar-refractivity contribution in [1.82, 2.24) is 30.2 Å². The average molecular weight is 774 g/mol. The van der Waals surface area contributed by atoms with Crippen LogP contribution in [0.3, 0.4) is 0 Å². The summed E-state index contributed by atoms with van der Waals surface area (Å²) in [6.45, 7) is 3.15. The molecule has 20 nitrogen and oxygen atoms in total. The number of aromatic nitrogens is 4. The first-order chi connectivity index (χ1) is 27.1. The van der Waals surface area contributed by atoms with Gasteiger partial charge in [0.15, 0.2) is 5.78 Å². The van der Waals surface area contributed by atoms with E-state index in [-0.39, 0.29) is 62.1 Å². The van der Waals surface area contributed by atoms with E-state index in [9.17, 15) is 34.6 Å². The summed E-state index contributed by atoms with van der Waals surface area (Å²) >= 11 is 0. The number of non-ortho nitro benzene ring substituents is 1. The number of aryl methyl sites for hydroxylation is 1. The Balaban J connectivity index is 0.918. The van der Waals surface area contributed by atoms with Crippen LogP contribution >= 0.6 is 0 Å². The molecule has 3 N–H and O–H groups in total. The molecular formula is C36H39N9O11. The molecule has 0 atom stereocenters. The number of carbonyl (C=O) groups excluding carboxylic acids is 3. The summed E-state index contributed by atoms with van der Waals surface area (Å²) in [5.41, 5.74) is 1.37. The van der Waals surface area contributed by atoms with Gasteiger partial charge in [0.2, 0.25) is 0 Å². The quantitative estimate of drug-likeness (QED) is 0.0337. The minimum Gasteiger partial charge on any atom is -0.496 e. The number of fused-ring (bicyclic) bond motifs is 1. The molecule has 1 fully saturated rings. The van der Waals surface area contributed by atoms with E-state index < -0.39 is 27.2 Å². The first-order valence-corrected chi connectivity index (χ1v) is 17.7. The second-order valence-corrected chi connectivity index (χ2v) is 12.7. The first kappa shape index (κ1) is 39.2. The van der Waals surface area contributed by atoms with Gasteiger partial charge in [-0.15, -0.1) is 5.10 Å². The first-order valence-electron chi connectivity index (χ1n) is 17.7. The van der Waals surface area contributed by atoms with Gasteiger partial charge in [-0.2, -0.15) is 0 Å². The molecule has 3 aromatic heterocycles. The Kier molecular flexibility index (Phi) is 12.7. The van der Waals surface area contributed by atoms with Crippen molar-refractivity contribution >= 4 is 45.4 Å². The Hall–Kier alpha value is -6.51. The normalized spacial score (nSPS) is 12.8. The number of hydrogen-bond acceptors (Lipinski definition) is 15. The van der Waals surface area contributed by atoms with Gasteiger partial charge in [0.25, 0.3) is 23.1 Å². The molecule has 5 aromatic rings. The number of hydrogen-bond donors (Lipinski definition) is 3. The number of furan rings is 1. The number of ketones is 2. The minimum absolute atomic E-state index is 0.0941. The van der Waals surface area contributed by atoms with Gasteiger partial charge in [-0.05, 0) is 30.3 Å². The number of nitro benzene ring substituents is 2. The number of amides is 1. The third-order valence-electron chi connectivity index (χ3n) is 8.95. The molecule has 294 valence electrons. The number of rotatable bonds is 20. The number of anilines is 1. The largest absolute Gasteiger partial charge is 0.496 e. The zero-order valence-corrected chi connectivity index (χ0v) is 30.4. The molecule has 4 heterocycles. The molecule has 20 heteroatoms. The van der Waals surface area contributed by atoms with Crippen LogP contribution in [0.25, 0.3) is 22.2 Å². The van der Waals surface area contributed by atoms with Crippen LogP contribution in [0.1, 0.15) is 28.2 Å². The van der Waals surface area contributed by atoms with E-state index in [0.717, 1.165) is 6.07 Å². The summed E-state index contributed by atoms with van der Waals surface area (Å²) in [5.74, 6) is 0.265. The fourth-order valence-electron chi connectivity index (χ4n) is 6.12. The van der Waals surface area contributed by atoms with Gasteiger partial charge in [0.1, 0.15) is 35.3 Å². The fourth-order valence-corrected chi connectivity index (χ4v) is 6.12. The number of ether oxygens (including phenoxy) is 3. The third kappa shape index (κ3) is 9.40. The topological polar surface area (TPSA) is 252 Å². The van der Waals surface area contributed by atoms with E-state index >= 15 is 0 Å². The maximum Gasteiger partial charge on any atom is 0.299 e. The van der Waals surface area contributed by atoms with Crippen molar-refractivity contribution in [2.45, 2.75) is 26.0 Å². The smallest absolute Gasteiger partial charge is 0.299 e. The second-order valence-electron chi connectivity index (χ2n) is 12.7. The molecule has 1 amide bonds. The summed E-state index contributed by atoms with van der Waals surface area (Å²) in [5, 5.41) is 36.7. The Bertz CT molecular complexity index is 2220. The van der Waals surface area contributed by atoms with Crippen molar-refractivity contribution in [2.75, 3.05) is 65.0 Å². The predicted molar refractivity (Wildman–Crippen MR) is 198 cm³/mol. The lowest BCUT2D eigenvalue weighted by atomic mass is 10.0. The number of carbonyl (C=O) groups is 3. The van der Waals surface area contributed by atoms with Gasteiger partial charge in [0.05, 0.1) is 72.1 Å². The Morgan fingerprint density at radius 3 is 2.61 bits per heavy atom. The number of piperazine rings is 1. The van der Waals surface area contributed by atoms with Crippen molar-refractivity contribution in [1.29, 1.82) is 0 Å². The van der Waals surface area contributed by atoms with Gasteiger partial charge in [-0.1, -0.05) is 5.21 Å². The minimum atomic E-state index is -0.700. The highest BCUT2D eigenvalue weighted by Gasteiger charge is 2.29. The molecule has 56 heavy (non-hydrogen) atoms. The van der Waals surface area contributed by atoms with E-state index in [2.05, 4.69) is 25.9 Å². The van der Waals surface area contributed by atoms with Crippen LogP contribution in [0.5, 0.6) is 5.75 Å². The molecule has 0 radical (unpaired) electrons. The number of H-pyrrole nitrogens is 1. The molecule has 6 rings (SSSR count). The Labute approximate surface area is 318 Å². The van der Waals surface area contributed by atoms with Crippen molar-refractivity contribution in [3.05, 3.63) is 92.1 Å². The predicted octanol–water partition coefficient (Wildman–Crippen LogP) is 3.31. The summed E-state index contributed by atoms with van der Waals surface area (Å²) in [7, 11) is 1.50. The van der Waals surface area contributed by atoms with Crippen molar-refractivity contribution in [3.63, 3.8) is 0 Å². The highest BCUT2D eigenvalue weighted by molar-refractivity contribution is 6.45. The molecule has 0 spiro atoms. The van der Waals surface area contributed by atoms with Crippen LogP contribution in [0, 0.1) is 20.2 Å². The maximum atomic E-state index is 13.3. The zero-order valence-electron chi connectivity index (χ0n) is 30.4. The lowest BCUT2D eigenvalue weighted by Crippen LogP contribution is -2.48. The van der Waals surface area contributed by atoms with Crippen LogP contribution < -0.4 is 15.4 Å². The molecule has 0 aliphatic carbocycles. The molecule has 2 aromatic carbocycles. The summed E-state index contributed by atoms with van der Waals surface area (Å²) in [4.78, 5) is 64.3. The highest BCUT2D eigenvalue weighted by Crippen LogP contribution is 2.37. The second kappa shape index (κ2) is 18.2. The molecular weight excluding hydrogens is 734 g/mol. The summed E-state index contributed by atoms with van der Waals surface area (Å²) < 4.78 is 24.3. The third-order valence-corrected chi connectivity index (χ3v) is 8.95. The SMILES string of the molecule is COc1ccc(-c2ccc(CCC(=O)COCCn3cc(COCCNc4ccc([N+](=O)[O-])cc4[N+](=O)[O-])nn3)o2)c2[nH]cc(C(=O)C(=O)N3CCNCC3)c12. The number of methoxy groups -OCH3 is 1. The highest BCUT2D eigenvalue weighted by atomic mass is 16.6. The average Bonchev–Trinajstić information content (AvgIpc) is 3.99. The monoisotopic (exact) mass is 773 g/mol. The zero-order chi connectivity index (χ0) is 39.6. The number of benzene rings is 2. The summed E-state index contributed by atoms with van der Waals surface area (Å²) in [6, 6.07) is 10.5. The van der Waals surface area contributed by atoms with Crippen LogP contribution in [-0.2, 0) is 38.6 Å². The number of nitrogens with zero attached hydrogens (tertiary/aromatic N) is 6. The molecule has 0 saturated carbocycles. The van der Waals surface area contributed by atoms with Crippen molar-refractivity contribution < 1.29 is 42.9 Å². The van der Waals surface area contributed by atoms with Crippen LogP contribution in [0.4, 0.5) is 17.1 Å². The molecule has 1 aliphatic heterocycles. The lowest BCUT2D eigenvalue weighted by Gasteiger charge is -2.26. The lowest BCUT2D eigenvalue weighted by molar-refractivity contribution is -0.393. The van der Waals surface area contributed by atoms with Crippen molar-refractivity contribution in [2.24, 2.45) is 0 Å². The molecule has 1 saturated heterocycles. The van der Waals surface area contributed by atoms with Crippen LogP contribution in [-0.4, -0.2) is 112 Å². The van der Waals surface area contributed by atoms with Gasteiger partial charge in [0, 0.05) is 63.4 Å². The van der Waals surface area contributed by atoms with Crippen LogP contribution in [0.2, 0.25) is 0 Å². The van der Waals surface area contributed by atoms with Gasteiger partial charge in [-0.25, -0.2) is 4.68 Å². The van der Waals surface area contributed by atoms with E-state index in [0.29, 0.717) is 78.6 Å². The van der Waals surface area contributed by atoms with Crippen LogP contribution in [0.15, 0.2) is 59.3 Å². The summed E-state index contributed by atoms with van der Waals surface area (Å²) in [6.07, 6.45) is 3.73. The Morgan fingerprint density at radius 1 is 1.02 bits per heavy atom. The number of nitrogens with one attached hydrogen (secondary N) is 3. The van der Waals surface area contributed by atoms with Gasteiger partial charge in [-0.3, -0.25) is 34.6 Å². The molecule has 0 bridgehead atoms. The van der Waals surface area contributed by atoms with E-state index in [1.165, 1.54) is 25.4 Å². The molecule has 0 unspecified atom stereocenters. The standard InChI is InChI=1S/C36H39N9O11/c1-53-32-9-6-27(34-33(32)28(19-39-34)35(47)36(48)42-13-10-37-11-14-42)31-8-5-26(56-31)4-3-25(46)22-55-17-15-43-20-23(40-41-43)21-54-16-12-38-29-7-2-24(44(49)50)18-30(29)45(51)52/h2,5-9,18-20,37-39H,3-4,10-17,21-22H2,1H3. The number of Topliss-reactive ketones (excluding diaryl/α,β-unsaturated/α-hetero) is 2. The van der Waals surface area contributed by atoms with E-state index in [4.69, 9.17) is 18.6 Å². The van der Waals surface area contributed by atoms with Crippen molar-refractivity contribution in [3.8, 4) is 17.1 Å². The van der Waals surface area contributed by atoms with Gasteiger partial charge >= 0.3 is 0 Å². The maximum absolute atomic E-state index is 13.3.